The van der Waals surface area contributed by atoms with Crippen molar-refractivity contribution in [1.29, 1.82) is 0 Å². The van der Waals surface area contributed by atoms with E-state index in [2.05, 4.69) is 44.1 Å². The maximum Gasteiger partial charge on any atom is 0.131 e. The van der Waals surface area contributed by atoms with Gasteiger partial charge in [0.1, 0.15) is 5.82 Å². The Morgan fingerprint density at radius 3 is 2.83 bits per heavy atom. The number of nitrogen functional groups attached to an aromatic ring is 1. The van der Waals surface area contributed by atoms with E-state index in [1.807, 2.05) is 6.07 Å². The lowest BCUT2D eigenvalue weighted by molar-refractivity contribution is 0.557. The molecule has 1 rings (SSSR count). The van der Waals surface area contributed by atoms with E-state index in [4.69, 9.17) is 5.73 Å². The fourth-order valence-corrected chi connectivity index (χ4v) is 1.98. The molecular weight excluding hydrogens is 222 g/mol. The Morgan fingerprint density at radius 1 is 1.50 bits per heavy atom. The summed E-state index contributed by atoms with van der Waals surface area (Å²) in [6, 6.07) is 2.00. The fraction of sp³-hybridized carbons (Fsp3) is 0.533. The molecule has 1 aromatic rings. The fourth-order valence-electron chi connectivity index (χ4n) is 1.98. The average molecular weight is 247 g/mol. The van der Waals surface area contributed by atoms with E-state index in [1.165, 1.54) is 11.1 Å². The summed E-state index contributed by atoms with van der Waals surface area (Å²) in [5.41, 5.74) is 9.41. The summed E-state index contributed by atoms with van der Waals surface area (Å²) in [7, 11) is 0. The zero-order valence-electron chi connectivity index (χ0n) is 12.0. The maximum absolute atomic E-state index is 5.92. The molecule has 0 atom stereocenters. The van der Waals surface area contributed by atoms with Gasteiger partial charge in [0.2, 0.25) is 0 Å². The van der Waals surface area contributed by atoms with E-state index in [1.54, 1.807) is 6.20 Å². The van der Waals surface area contributed by atoms with Crippen molar-refractivity contribution in [2.45, 2.75) is 34.1 Å². The normalized spacial score (nSPS) is 12.2. The number of anilines is 1. The van der Waals surface area contributed by atoms with Gasteiger partial charge in [-0.25, -0.2) is 4.98 Å². The van der Waals surface area contributed by atoms with Crippen molar-refractivity contribution in [3.8, 4) is 0 Å². The number of allylic oxidation sites excluding steroid dienone is 1. The van der Waals surface area contributed by atoms with Gasteiger partial charge in [-0.15, -0.1) is 0 Å². The van der Waals surface area contributed by atoms with Crippen molar-refractivity contribution < 1.29 is 0 Å². The molecular formula is C15H25N3. The van der Waals surface area contributed by atoms with Crippen LogP contribution in [0, 0.1) is 12.8 Å². The summed E-state index contributed by atoms with van der Waals surface area (Å²) in [6.45, 7) is 10.7. The van der Waals surface area contributed by atoms with Crippen LogP contribution in [0.15, 0.2) is 18.3 Å². The van der Waals surface area contributed by atoms with E-state index >= 15 is 0 Å². The first-order valence-electron chi connectivity index (χ1n) is 6.61. The SMILES string of the molecule is CC(=CCCNCC(C)C)c1c(C)ccnc1N. The van der Waals surface area contributed by atoms with Crippen LogP contribution in [-0.2, 0) is 0 Å². The Kier molecular flexibility index (Phi) is 5.86. The predicted molar refractivity (Wildman–Crippen MR) is 79.4 cm³/mol. The molecule has 3 N–H and O–H groups in total. The zero-order valence-corrected chi connectivity index (χ0v) is 12.0. The molecule has 0 unspecified atom stereocenters. The molecule has 3 nitrogen and oxygen atoms in total. The minimum Gasteiger partial charge on any atom is -0.383 e. The minimum absolute atomic E-state index is 0.624. The van der Waals surface area contributed by atoms with Gasteiger partial charge in [0, 0.05) is 11.8 Å². The van der Waals surface area contributed by atoms with Gasteiger partial charge in [-0.05, 0) is 56.5 Å². The molecule has 0 saturated carbocycles. The maximum atomic E-state index is 5.92. The van der Waals surface area contributed by atoms with Gasteiger partial charge in [-0.2, -0.15) is 0 Å². The Hall–Kier alpha value is -1.35. The number of hydrogen-bond acceptors (Lipinski definition) is 3. The minimum atomic E-state index is 0.624. The van der Waals surface area contributed by atoms with Crippen molar-refractivity contribution in [2.24, 2.45) is 5.92 Å². The molecule has 0 aliphatic heterocycles. The number of nitrogens with zero attached hydrogens (tertiary/aromatic N) is 1. The summed E-state index contributed by atoms with van der Waals surface area (Å²) in [4.78, 5) is 4.15. The number of nitrogens with two attached hydrogens (primary N) is 1. The standard InChI is InChI=1S/C15H25N3/c1-11(2)10-17-8-5-6-12(3)14-13(4)7-9-18-15(14)16/h6-7,9,11,17H,5,8,10H2,1-4H3,(H2,16,18). The van der Waals surface area contributed by atoms with Gasteiger partial charge in [-0.1, -0.05) is 19.9 Å². The first-order valence-corrected chi connectivity index (χ1v) is 6.61. The number of pyridine rings is 1. The zero-order chi connectivity index (χ0) is 13.5. The number of rotatable bonds is 6. The number of aromatic nitrogens is 1. The van der Waals surface area contributed by atoms with Crippen molar-refractivity contribution in [3.05, 3.63) is 29.5 Å². The van der Waals surface area contributed by atoms with Crippen LogP contribution in [0.4, 0.5) is 5.82 Å². The Morgan fingerprint density at radius 2 is 2.22 bits per heavy atom. The van der Waals surface area contributed by atoms with Crippen LogP contribution in [-0.4, -0.2) is 18.1 Å². The molecule has 0 fully saturated rings. The molecule has 0 aromatic carbocycles. The third-order valence-electron chi connectivity index (χ3n) is 2.91. The summed E-state index contributed by atoms with van der Waals surface area (Å²) < 4.78 is 0. The Labute approximate surface area is 111 Å². The van der Waals surface area contributed by atoms with Crippen LogP contribution < -0.4 is 11.1 Å². The molecule has 0 aliphatic carbocycles. The Bertz CT molecular complexity index is 388. The van der Waals surface area contributed by atoms with Gasteiger partial charge in [-0.3, -0.25) is 0 Å². The van der Waals surface area contributed by atoms with Crippen LogP contribution in [0.2, 0.25) is 0 Å². The van der Waals surface area contributed by atoms with Crippen molar-refractivity contribution in [3.63, 3.8) is 0 Å². The van der Waals surface area contributed by atoms with Gasteiger partial charge < -0.3 is 11.1 Å². The van der Waals surface area contributed by atoms with Gasteiger partial charge in [0.05, 0.1) is 0 Å². The van der Waals surface area contributed by atoms with Gasteiger partial charge in [0.25, 0.3) is 0 Å². The van der Waals surface area contributed by atoms with E-state index in [0.29, 0.717) is 11.7 Å². The second-order valence-corrected chi connectivity index (χ2v) is 5.16. The molecule has 0 bridgehead atoms. The van der Waals surface area contributed by atoms with E-state index in [0.717, 1.165) is 25.1 Å². The number of hydrogen-bond donors (Lipinski definition) is 2. The monoisotopic (exact) mass is 247 g/mol. The molecule has 1 aromatic heterocycles. The van der Waals surface area contributed by atoms with E-state index in [9.17, 15) is 0 Å². The van der Waals surface area contributed by atoms with Crippen molar-refractivity contribution in [2.75, 3.05) is 18.8 Å². The Balaban J connectivity index is 2.56. The molecule has 3 heteroatoms. The van der Waals surface area contributed by atoms with E-state index < -0.39 is 0 Å². The molecule has 0 spiro atoms. The second kappa shape index (κ2) is 7.17. The van der Waals surface area contributed by atoms with Crippen molar-refractivity contribution >= 4 is 11.4 Å². The van der Waals surface area contributed by atoms with E-state index in [-0.39, 0.29) is 0 Å². The largest absolute Gasteiger partial charge is 0.383 e. The van der Waals surface area contributed by atoms with Gasteiger partial charge >= 0.3 is 0 Å². The highest BCUT2D eigenvalue weighted by Gasteiger charge is 2.05. The lowest BCUT2D eigenvalue weighted by Crippen LogP contribution is -2.20. The van der Waals surface area contributed by atoms with Crippen LogP contribution in [0.25, 0.3) is 5.57 Å². The summed E-state index contributed by atoms with van der Waals surface area (Å²) >= 11 is 0. The quantitative estimate of drug-likeness (QED) is 0.760. The molecule has 18 heavy (non-hydrogen) atoms. The average Bonchev–Trinajstić information content (AvgIpc) is 2.27. The van der Waals surface area contributed by atoms with Crippen LogP contribution in [0.1, 0.15) is 38.3 Å². The third-order valence-corrected chi connectivity index (χ3v) is 2.91. The lowest BCUT2D eigenvalue weighted by Gasteiger charge is -2.09. The predicted octanol–water partition coefficient (Wildman–Crippen LogP) is 3.01. The smallest absolute Gasteiger partial charge is 0.131 e. The highest BCUT2D eigenvalue weighted by molar-refractivity contribution is 5.73. The molecule has 0 radical (unpaired) electrons. The molecule has 1 heterocycles. The highest BCUT2D eigenvalue weighted by atomic mass is 14.8. The van der Waals surface area contributed by atoms with Crippen LogP contribution in [0.5, 0.6) is 0 Å². The highest BCUT2D eigenvalue weighted by Crippen LogP contribution is 2.23. The van der Waals surface area contributed by atoms with Gasteiger partial charge in [0.15, 0.2) is 0 Å². The van der Waals surface area contributed by atoms with Crippen LogP contribution >= 0.6 is 0 Å². The molecule has 0 saturated heterocycles. The summed E-state index contributed by atoms with van der Waals surface area (Å²) in [6.07, 6.45) is 5.01. The molecule has 0 aliphatic rings. The number of nitrogens with one attached hydrogen (secondary N) is 1. The second-order valence-electron chi connectivity index (χ2n) is 5.16. The van der Waals surface area contributed by atoms with Crippen LogP contribution in [0.3, 0.4) is 0 Å². The molecule has 0 amide bonds. The lowest BCUT2D eigenvalue weighted by atomic mass is 10.0. The number of aryl methyl sites for hydroxylation is 1. The first kappa shape index (κ1) is 14.7. The first-order chi connectivity index (χ1) is 8.52. The topological polar surface area (TPSA) is 50.9 Å². The van der Waals surface area contributed by atoms with Crippen molar-refractivity contribution in [1.82, 2.24) is 10.3 Å². The summed E-state index contributed by atoms with van der Waals surface area (Å²) in [5.74, 6) is 1.32. The summed E-state index contributed by atoms with van der Waals surface area (Å²) in [5, 5.41) is 3.43. The third kappa shape index (κ3) is 4.49. The molecule has 100 valence electrons.